The number of guanidine groups is 1. The molecule has 0 aliphatic carbocycles. The van der Waals surface area contributed by atoms with Crippen LogP contribution in [0.15, 0.2) is 59.6 Å². The molecule has 0 amide bonds. The number of hydrogen-bond donors (Lipinski definition) is 2. The molecule has 0 spiro atoms. The second-order valence-corrected chi connectivity index (χ2v) is 8.57. The molecule has 2 aromatic carbocycles. The van der Waals surface area contributed by atoms with Crippen LogP contribution in [0.25, 0.3) is 0 Å². The zero-order valence-corrected chi connectivity index (χ0v) is 19.3. The van der Waals surface area contributed by atoms with E-state index in [0.717, 1.165) is 69.4 Å². The van der Waals surface area contributed by atoms with E-state index >= 15 is 0 Å². The number of para-hydroxylation sites is 2. The van der Waals surface area contributed by atoms with Crippen molar-refractivity contribution in [3.63, 3.8) is 0 Å². The van der Waals surface area contributed by atoms with Crippen molar-refractivity contribution in [1.82, 2.24) is 10.6 Å². The zero-order valence-electron chi connectivity index (χ0n) is 19.3. The van der Waals surface area contributed by atoms with E-state index in [9.17, 15) is 0 Å². The quantitative estimate of drug-likeness (QED) is 0.508. The van der Waals surface area contributed by atoms with Crippen LogP contribution in [0.3, 0.4) is 0 Å². The minimum Gasteiger partial charge on any atom is -0.495 e. The molecule has 0 aromatic heterocycles. The fourth-order valence-corrected chi connectivity index (χ4v) is 4.76. The summed E-state index contributed by atoms with van der Waals surface area (Å²) < 4.78 is 11.6. The highest BCUT2D eigenvalue weighted by Gasteiger charge is 2.29. The van der Waals surface area contributed by atoms with Gasteiger partial charge in [-0.1, -0.05) is 42.5 Å². The lowest BCUT2D eigenvalue weighted by Gasteiger charge is -2.36. The van der Waals surface area contributed by atoms with E-state index in [4.69, 9.17) is 14.5 Å². The van der Waals surface area contributed by atoms with Crippen molar-refractivity contribution in [3.05, 3.63) is 60.2 Å². The van der Waals surface area contributed by atoms with Gasteiger partial charge in [0.15, 0.2) is 5.96 Å². The molecule has 2 aliphatic heterocycles. The van der Waals surface area contributed by atoms with Crippen LogP contribution < -0.4 is 20.3 Å². The number of piperidine rings is 1. The zero-order chi connectivity index (χ0) is 22.2. The molecule has 0 radical (unpaired) electrons. The van der Waals surface area contributed by atoms with Crippen molar-refractivity contribution in [1.29, 1.82) is 0 Å². The monoisotopic (exact) mass is 436 g/mol. The van der Waals surface area contributed by atoms with Crippen LogP contribution >= 0.6 is 0 Å². The molecule has 2 saturated heterocycles. The van der Waals surface area contributed by atoms with Gasteiger partial charge in [-0.15, -0.1) is 0 Å². The van der Waals surface area contributed by atoms with Gasteiger partial charge in [0.1, 0.15) is 5.75 Å². The molecule has 0 bridgehead atoms. The maximum Gasteiger partial charge on any atom is 0.191 e. The maximum atomic E-state index is 6.05. The summed E-state index contributed by atoms with van der Waals surface area (Å²) >= 11 is 0. The van der Waals surface area contributed by atoms with Crippen molar-refractivity contribution in [3.8, 4) is 5.75 Å². The Bertz CT molecular complexity index is 873. The summed E-state index contributed by atoms with van der Waals surface area (Å²) in [6.45, 7) is 6.51. The van der Waals surface area contributed by atoms with Crippen LogP contribution in [0, 0.1) is 5.92 Å². The highest BCUT2D eigenvalue weighted by molar-refractivity contribution is 5.80. The molecule has 2 heterocycles. The lowest BCUT2D eigenvalue weighted by atomic mass is 9.95. The third-order valence-electron chi connectivity index (χ3n) is 6.36. The van der Waals surface area contributed by atoms with Crippen LogP contribution in [-0.4, -0.2) is 51.9 Å². The average Bonchev–Trinajstić information content (AvgIpc) is 3.32. The lowest BCUT2D eigenvalue weighted by Crippen LogP contribution is -2.51. The van der Waals surface area contributed by atoms with Gasteiger partial charge in [0.25, 0.3) is 0 Å². The van der Waals surface area contributed by atoms with E-state index in [1.807, 2.05) is 12.1 Å². The van der Waals surface area contributed by atoms with Gasteiger partial charge >= 0.3 is 0 Å². The van der Waals surface area contributed by atoms with Crippen LogP contribution in [0.4, 0.5) is 5.69 Å². The Hall–Kier alpha value is -2.73. The number of hydrogen-bond acceptors (Lipinski definition) is 4. The number of nitrogens with one attached hydrogen (secondary N) is 2. The second-order valence-electron chi connectivity index (χ2n) is 8.57. The first-order valence-corrected chi connectivity index (χ1v) is 11.9. The van der Waals surface area contributed by atoms with Gasteiger partial charge in [0, 0.05) is 44.7 Å². The number of ether oxygens (including phenoxy) is 2. The normalized spacial score (nSPS) is 23.8. The van der Waals surface area contributed by atoms with Gasteiger partial charge in [0.05, 0.1) is 18.9 Å². The molecule has 3 atom stereocenters. The third kappa shape index (κ3) is 5.54. The van der Waals surface area contributed by atoms with Crippen molar-refractivity contribution >= 4 is 11.6 Å². The van der Waals surface area contributed by atoms with Gasteiger partial charge in [-0.25, -0.2) is 0 Å². The summed E-state index contributed by atoms with van der Waals surface area (Å²) in [5, 5.41) is 7.13. The maximum absolute atomic E-state index is 6.05. The second kappa shape index (κ2) is 11.2. The molecule has 32 heavy (non-hydrogen) atoms. The fourth-order valence-electron chi connectivity index (χ4n) is 4.76. The summed E-state index contributed by atoms with van der Waals surface area (Å²) in [5.74, 6) is 2.24. The number of rotatable bonds is 7. The molecule has 2 aromatic rings. The summed E-state index contributed by atoms with van der Waals surface area (Å²) in [6, 6.07) is 19.2. The Morgan fingerprint density at radius 3 is 2.75 bits per heavy atom. The molecule has 2 aliphatic rings. The number of nitrogens with zero attached hydrogens (tertiary/aromatic N) is 2. The number of methoxy groups -OCH3 is 1. The van der Waals surface area contributed by atoms with E-state index in [1.54, 1.807) is 7.11 Å². The summed E-state index contributed by atoms with van der Waals surface area (Å²) in [5.41, 5.74) is 2.42. The lowest BCUT2D eigenvalue weighted by molar-refractivity contribution is 0.0925. The molecule has 6 heteroatoms. The van der Waals surface area contributed by atoms with Crippen molar-refractivity contribution < 1.29 is 9.47 Å². The predicted octanol–water partition coefficient (Wildman–Crippen LogP) is 4.00. The van der Waals surface area contributed by atoms with Crippen LogP contribution in [-0.2, 0) is 4.74 Å². The topological polar surface area (TPSA) is 58.1 Å². The fraction of sp³-hybridized carbons (Fsp3) is 0.500. The number of aliphatic imine (C=N–C) groups is 1. The molecule has 172 valence electrons. The molecular weight excluding hydrogens is 400 g/mol. The molecule has 6 nitrogen and oxygen atoms in total. The Kier molecular flexibility index (Phi) is 7.88. The van der Waals surface area contributed by atoms with Gasteiger partial charge < -0.3 is 25.0 Å². The van der Waals surface area contributed by atoms with Gasteiger partial charge in [-0.2, -0.15) is 0 Å². The van der Waals surface area contributed by atoms with E-state index in [2.05, 4.69) is 64.9 Å². The van der Waals surface area contributed by atoms with E-state index in [1.165, 1.54) is 5.56 Å². The molecule has 4 rings (SSSR count). The highest BCUT2D eigenvalue weighted by atomic mass is 16.5. The van der Waals surface area contributed by atoms with Crippen LogP contribution in [0.5, 0.6) is 5.75 Å². The summed E-state index contributed by atoms with van der Waals surface area (Å²) in [7, 11) is 1.74. The molecular formula is C26H36N4O2. The first kappa shape index (κ1) is 22.5. The Morgan fingerprint density at radius 1 is 1.12 bits per heavy atom. The Labute approximate surface area is 192 Å². The van der Waals surface area contributed by atoms with Gasteiger partial charge in [-0.3, -0.25) is 4.99 Å². The number of anilines is 1. The summed E-state index contributed by atoms with van der Waals surface area (Å²) in [6.07, 6.45) is 3.46. The van der Waals surface area contributed by atoms with Gasteiger partial charge in [-0.05, 0) is 43.9 Å². The van der Waals surface area contributed by atoms with Crippen molar-refractivity contribution in [2.24, 2.45) is 10.9 Å². The van der Waals surface area contributed by atoms with Gasteiger partial charge in [0.2, 0.25) is 0 Å². The minimum atomic E-state index is 0.138. The third-order valence-corrected chi connectivity index (χ3v) is 6.36. The van der Waals surface area contributed by atoms with Crippen molar-refractivity contribution in [2.45, 2.75) is 38.3 Å². The molecule has 2 fully saturated rings. The Morgan fingerprint density at radius 2 is 1.94 bits per heavy atom. The smallest absolute Gasteiger partial charge is 0.191 e. The predicted molar refractivity (Wildman–Crippen MR) is 131 cm³/mol. The molecule has 2 N–H and O–H groups in total. The number of benzene rings is 2. The standard InChI is InChI=1S/C26H36N4O2/c1-3-27-26(28-18-21-15-17-32-25(21)20-10-5-4-6-11-20)29-22-12-9-16-30(19-22)23-13-7-8-14-24(23)31-2/h4-8,10-11,13-14,21-22,25H,3,9,12,15-19H2,1-2H3,(H2,27,28,29). The highest BCUT2D eigenvalue weighted by Crippen LogP contribution is 2.34. The van der Waals surface area contributed by atoms with Crippen LogP contribution in [0.2, 0.25) is 0 Å². The van der Waals surface area contributed by atoms with E-state index in [0.29, 0.717) is 12.0 Å². The molecule has 3 unspecified atom stereocenters. The average molecular weight is 437 g/mol. The Balaban J connectivity index is 1.40. The minimum absolute atomic E-state index is 0.138. The van der Waals surface area contributed by atoms with E-state index < -0.39 is 0 Å². The SMILES string of the molecule is CCNC(=NCC1CCOC1c1ccccc1)NC1CCCN(c2ccccc2OC)C1. The summed E-state index contributed by atoms with van der Waals surface area (Å²) in [4.78, 5) is 7.38. The molecule has 0 saturated carbocycles. The largest absolute Gasteiger partial charge is 0.495 e. The first-order chi connectivity index (χ1) is 15.8. The first-order valence-electron chi connectivity index (χ1n) is 11.9. The van der Waals surface area contributed by atoms with Crippen molar-refractivity contribution in [2.75, 3.05) is 44.8 Å². The van der Waals surface area contributed by atoms with E-state index in [-0.39, 0.29) is 6.10 Å². The van der Waals surface area contributed by atoms with Crippen LogP contribution in [0.1, 0.15) is 37.9 Å².